The summed E-state index contributed by atoms with van der Waals surface area (Å²) < 4.78 is 6.82. The molecule has 94 valence electrons. The maximum atomic E-state index is 5.75. The summed E-state index contributed by atoms with van der Waals surface area (Å²) in [6.45, 7) is 2.99. The van der Waals surface area contributed by atoms with Gasteiger partial charge in [0.05, 0.1) is 0 Å². The fourth-order valence-corrected chi connectivity index (χ4v) is 3.31. The summed E-state index contributed by atoms with van der Waals surface area (Å²) in [5, 5.41) is 1.07. The van der Waals surface area contributed by atoms with E-state index < -0.39 is 0 Å². The van der Waals surface area contributed by atoms with Crippen LogP contribution in [-0.4, -0.2) is 36.0 Å². The van der Waals surface area contributed by atoms with Crippen molar-refractivity contribution in [3.8, 4) is 5.75 Å². The lowest BCUT2D eigenvalue weighted by molar-refractivity contribution is 0.207. The lowest BCUT2D eigenvalue weighted by Crippen LogP contribution is -2.34. The van der Waals surface area contributed by atoms with Crippen LogP contribution in [0.3, 0.4) is 0 Å². The van der Waals surface area contributed by atoms with Crippen LogP contribution in [0.25, 0.3) is 0 Å². The third kappa shape index (κ3) is 3.97. The summed E-state index contributed by atoms with van der Waals surface area (Å²) in [7, 11) is 0. The molecule has 0 N–H and O–H groups in total. The molecule has 17 heavy (non-hydrogen) atoms. The Kier molecular flexibility index (Phi) is 5.32. The second-order valence-electron chi connectivity index (χ2n) is 4.29. The minimum atomic E-state index is 0.695. The topological polar surface area (TPSA) is 12.5 Å². The molecule has 1 saturated heterocycles. The second kappa shape index (κ2) is 6.76. The standard InChI is InChI=1S/C13H17Br2NO/c14-10-12-4-2-6-16(12)7-8-17-13-5-1-3-11(15)9-13/h1,3,5,9,12H,2,4,6-8,10H2. The summed E-state index contributed by atoms with van der Waals surface area (Å²) in [4.78, 5) is 2.51. The highest BCUT2D eigenvalue weighted by atomic mass is 79.9. The number of alkyl halides is 1. The summed E-state index contributed by atoms with van der Waals surface area (Å²) in [6.07, 6.45) is 2.62. The number of rotatable bonds is 5. The van der Waals surface area contributed by atoms with Gasteiger partial charge in [-0.1, -0.05) is 37.9 Å². The van der Waals surface area contributed by atoms with Crippen LogP contribution in [0.2, 0.25) is 0 Å². The zero-order valence-corrected chi connectivity index (χ0v) is 12.9. The van der Waals surface area contributed by atoms with Crippen LogP contribution < -0.4 is 4.74 Å². The molecular formula is C13H17Br2NO. The minimum absolute atomic E-state index is 0.695. The van der Waals surface area contributed by atoms with E-state index in [9.17, 15) is 0 Å². The van der Waals surface area contributed by atoms with Gasteiger partial charge in [0.25, 0.3) is 0 Å². The van der Waals surface area contributed by atoms with Crippen molar-refractivity contribution in [2.45, 2.75) is 18.9 Å². The minimum Gasteiger partial charge on any atom is -0.492 e. The largest absolute Gasteiger partial charge is 0.492 e. The van der Waals surface area contributed by atoms with E-state index in [0.29, 0.717) is 6.04 Å². The molecule has 1 aromatic carbocycles. The van der Waals surface area contributed by atoms with Gasteiger partial charge in [0.15, 0.2) is 0 Å². The maximum absolute atomic E-state index is 5.75. The van der Waals surface area contributed by atoms with E-state index in [0.717, 1.165) is 28.7 Å². The predicted octanol–water partition coefficient (Wildman–Crippen LogP) is 3.69. The molecule has 2 nitrogen and oxygen atoms in total. The van der Waals surface area contributed by atoms with Crippen LogP contribution in [-0.2, 0) is 0 Å². The zero-order chi connectivity index (χ0) is 12.1. The molecular weight excluding hydrogens is 346 g/mol. The number of halogens is 2. The first-order chi connectivity index (χ1) is 8.29. The fourth-order valence-electron chi connectivity index (χ4n) is 2.20. The fraction of sp³-hybridized carbons (Fsp3) is 0.538. The molecule has 1 atom stereocenters. The molecule has 2 rings (SSSR count). The first-order valence-corrected chi connectivity index (χ1v) is 7.89. The van der Waals surface area contributed by atoms with E-state index in [2.05, 4.69) is 36.8 Å². The molecule has 4 heteroatoms. The highest BCUT2D eigenvalue weighted by molar-refractivity contribution is 9.10. The number of ether oxygens (including phenoxy) is 1. The predicted molar refractivity (Wildman–Crippen MR) is 78.0 cm³/mol. The van der Waals surface area contributed by atoms with Gasteiger partial charge in [-0.15, -0.1) is 0 Å². The Balaban J connectivity index is 1.76. The maximum Gasteiger partial charge on any atom is 0.120 e. The van der Waals surface area contributed by atoms with E-state index in [4.69, 9.17) is 4.74 Å². The molecule has 1 fully saturated rings. The van der Waals surface area contributed by atoms with Gasteiger partial charge in [-0.25, -0.2) is 0 Å². The quantitative estimate of drug-likeness (QED) is 0.740. The summed E-state index contributed by atoms with van der Waals surface area (Å²) in [5.41, 5.74) is 0. The third-order valence-corrected chi connectivity index (χ3v) is 4.36. The SMILES string of the molecule is BrCC1CCCN1CCOc1cccc(Br)c1. The lowest BCUT2D eigenvalue weighted by Gasteiger charge is -2.22. The van der Waals surface area contributed by atoms with Crippen LogP contribution in [0.1, 0.15) is 12.8 Å². The smallest absolute Gasteiger partial charge is 0.120 e. The number of benzene rings is 1. The Labute approximate surface area is 120 Å². The summed E-state index contributed by atoms with van der Waals surface area (Å²) >= 11 is 7.02. The van der Waals surface area contributed by atoms with Crippen LogP contribution >= 0.6 is 31.9 Å². The van der Waals surface area contributed by atoms with E-state index in [-0.39, 0.29) is 0 Å². The van der Waals surface area contributed by atoms with E-state index in [1.54, 1.807) is 0 Å². The molecule has 0 radical (unpaired) electrons. The molecule has 1 unspecified atom stereocenters. The number of hydrogen-bond acceptors (Lipinski definition) is 2. The van der Waals surface area contributed by atoms with E-state index >= 15 is 0 Å². The van der Waals surface area contributed by atoms with E-state index in [1.807, 2.05) is 24.3 Å². The molecule has 0 amide bonds. The van der Waals surface area contributed by atoms with Gasteiger partial charge in [-0.3, -0.25) is 4.90 Å². The first-order valence-electron chi connectivity index (χ1n) is 5.98. The van der Waals surface area contributed by atoms with Gasteiger partial charge in [-0.05, 0) is 37.6 Å². The second-order valence-corrected chi connectivity index (χ2v) is 5.86. The van der Waals surface area contributed by atoms with Crippen molar-refractivity contribution in [1.29, 1.82) is 0 Å². The average molecular weight is 363 g/mol. The number of nitrogens with zero attached hydrogens (tertiary/aromatic N) is 1. The van der Waals surface area contributed by atoms with Gasteiger partial charge >= 0.3 is 0 Å². The van der Waals surface area contributed by atoms with Crippen molar-refractivity contribution in [3.05, 3.63) is 28.7 Å². The van der Waals surface area contributed by atoms with Crippen molar-refractivity contribution in [2.24, 2.45) is 0 Å². The number of likely N-dealkylation sites (tertiary alicyclic amines) is 1. The van der Waals surface area contributed by atoms with Crippen LogP contribution in [0.15, 0.2) is 28.7 Å². The van der Waals surface area contributed by atoms with Crippen LogP contribution in [0.4, 0.5) is 0 Å². The zero-order valence-electron chi connectivity index (χ0n) is 9.74. The molecule has 0 aromatic heterocycles. The molecule has 0 aliphatic carbocycles. The van der Waals surface area contributed by atoms with Crippen LogP contribution in [0.5, 0.6) is 5.75 Å². The normalized spacial score (nSPS) is 20.7. The summed E-state index contributed by atoms with van der Waals surface area (Å²) in [6, 6.07) is 8.70. The molecule has 0 bridgehead atoms. The first kappa shape index (κ1) is 13.4. The van der Waals surface area contributed by atoms with Gasteiger partial charge < -0.3 is 4.74 Å². The van der Waals surface area contributed by atoms with Gasteiger partial charge in [0, 0.05) is 22.4 Å². The van der Waals surface area contributed by atoms with Crippen molar-refractivity contribution in [1.82, 2.24) is 4.90 Å². The highest BCUT2D eigenvalue weighted by Gasteiger charge is 2.22. The van der Waals surface area contributed by atoms with Crippen molar-refractivity contribution >= 4 is 31.9 Å². The third-order valence-electron chi connectivity index (χ3n) is 3.12. The van der Waals surface area contributed by atoms with Gasteiger partial charge in [0.2, 0.25) is 0 Å². The van der Waals surface area contributed by atoms with E-state index in [1.165, 1.54) is 19.4 Å². The lowest BCUT2D eigenvalue weighted by atomic mass is 10.2. The molecule has 1 heterocycles. The molecule has 1 aliphatic heterocycles. The molecule has 0 spiro atoms. The molecule has 1 aromatic rings. The van der Waals surface area contributed by atoms with Gasteiger partial charge in [-0.2, -0.15) is 0 Å². The molecule has 0 saturated carbocycles. The Hall–Kier alpha value is -0.0600. The van der Waals surface area contributed by atoms with Crippen molar-refractivity contribution in [2.75, 3.05) is 25.0 Å². The van der Waals surface area contributed by atoms with Crippen molar-refractivity contribution < 1.29 is 4.74 Å². The Morgan fingerprint density at radius 2 is 2.29 bits per heavy atom. The Morgan fingerprint density at radius 1 is 1.41 bits per heavy atom. The Bertz CT molecular complexity index is 359. The Morgan fingerprint density at radius 3 is 3.06 bits per heavy atom. The van der Waals surface area contributed by atoms with Crippen molar-refractivity contribution in [3.63, 3.8) is 0 Å². The molecule has 1 aliphatic rings. The monoisotopic (exact) mass is 361 g/mol. The summed E-state index contributed by atoms with van der Waals surface area (Å²) in [5.74, 6) is 0.939. The van der Waals surface area contributed by atoms with Gasteiger partial charge in [0.1, 0.15) is 12.4 Å². The number of hydrogen-bond donors (Lipinski definition) is 0. The highest BCUT2D eigenvalue weighted by Crippen LogP contribution is 2.20. The average Bonchev–Trinajstić information content (AvgIpc) is 2.77. The van der Waals surface area contributed by atoms with Crippen LogP contribution in [0, 0.1) is 0 Å².